The Kier molecular flexibility index (Phi) is 6.75. The van der Waals surface area contributed by atoms with Crippen LogP contribution in [-0.2, 0) is 24.4 Å². The van der Waals surface area contributed by atoms with Crippen LogP contribution in [0.15, 0.2) is 54.9 Å². The molecule has 4 rings (SSSR count). The number of rotatable bonds is 6. The lowest BCUT2D eigenvalue weighted by Gasteiger charge is -2.16. The van der Waals surface area contributed by atoms with Crippen LogP contribution < -0.4 is 11.1 Å². The van der Waals surface area contributed by atoms with E-state index in [9.17, 15) is 27.2 Å². The maximum absolute atomic E-state index is 14.9. The third-order valence-corrected chi connectivity index (χ3v) is 5.47. The monoisotopic (exact) mass is 512 g/mol. The number of nitrogens with zero attached hydrogens (tertiary/aromatic N) is 4. The summed E-state index contributed by atoms with van der Waals surface area (Å²) in [5.41, 5.74) is 4.48. The van der Waals surface area contributed by atoms with Gasteiger partial charge in [-0.3, -0.25) is 14.3 Å². The van der Waals surface area contributed by atoms with E-state index >= 15 is 0 Å². The van der Waals surface area contributed by atoms with E-state index in [4.69, 9.17) is 5.73 Å². The van der Waals surface area contributed by atoms with E-state index in [-0.39, 0.29) is 35.4 Å². The normalized spacial score (nSPS) is 11.4. The SMILES string of the molecule is Cc1ccccc1-c1nc(CC(N)=O)ncc1NC(=O)c1cc(-c2ccn(C)n2)c(C(F)(F)F)cc1F. The fraction of sp³-hybridized carbons (Fsp3) is 0.160. The molecule has 2 aromatic carbocycles. The number of benzene rings is 2. The summed E-state index contributed by atoms with van der Waals surface area (Å²) < 4.78 is 57.1. The van der Waals surface area contributed by atoms with Crippen molar-refractivity contribution in [1.29, 1.82) is 0 Å². The standard InChI is InChI=1S/C25H20F4N6O2/c1-13-5-3-4-6-14(13)23-20(12-31-22(33-23)11-21(30)36)32-24(37)16-9-15(19-7-8-35(2)34-19)17(10-18(16)26)25(27,28)29/h3-10,12H,11H2,1-2H3,(H2,30,36)(H,32,37). The molecule has 2 amide bonds. The number of carbonyl (C=O) groups excluding carboxylic acids is 2. The molecule has 2 aromatic heterocycles. The topological polar surface area (TPSA) is 116 Å². The predicted molar refractivity (Wildman–Crippen MR) is 127 cm³/mol. The van der Waals surface area contributed by atoms with Crippen molar-refractivity contribution in [2.24, 2.45) is 12.8 Å². The van der Waals surface area contributed by atoms with Crippen LogP contribution >= 0.6 is 0 Å². The Morgan fingerprint density at radius 2 is 1.84 bits per heavy atom. The van der Waals surface area contributed by atoms with E-state index < -0.39 is 40.5 Å². The molecular weight excluding hydrogens is 492 g/mol. The maximum Gasteiger partial charge on any atom is 0.417 e. The molecule has 8 nitrogen and oxygen atoms in total. The number of nitrogens with two attached hydrogens (primary N) is 1. The summed E-state index contributed by atoms with van der Waals surface area (Å²) in [4.78, 5) is 32.9. The van der Waals surface area contributed by atoms with Crippen LogP contribution in [0.5, 0.6) is 0 Å². The summed E-state index contributed by atoms with van der Waals surface area (Å²) in [6, 6.07) is 9.45. The second-order valence-corrected chi connectivity index (χ2v) is 8.21. The highest BCUT2D eigenvalue weighted by atomic mass is 19.4. The van der Waals surface area contributed by atoms with E-state index in [1.54, 1.807) is 31.2 Å². The number of hydrogen-bond donors (Lipinski definition) is 2. The Hall–Kier alpha value is -4.61. The third kappa shape index (κ3) is 5.47. The number of hydrogen-bond acceptors (Lipinski definition) is 5. The fourth-order valence-corrected chi connectivity index (χ4v) is 3.74. The van der Waals surface area contributed by atoms with Gasteiger partial charge in [0.1, 0.15) is 11.6 Å². The van der Waals surface area contributed by atoms with Crippen LogP contribution in [0.4, 0.5) is 23.2 Å². The number of alkyl halides is 3. The molecule has 0 radical (unpaired) electrons. The van der Waals surface area contributed by atoms with Crippen LogP contribution in [0.25, 0.3) is 22.5 Å². The number of nitrogens with one attached hydrogen (secondary N) is 1. The molecule has 37 heavy (non-hydrogen) atoms. The van der Waals surface area contributed by atoms with E-state index in [0.717, 1.165) is 11.6 Å². The van der Waals surface area contributed by atoms with Crippen molar-refractivity contribution >= 4 is 17.5 Å². The second kappa shape index (κ2) is 9.80. The van der Waals surface area contributed by atoms with Gasteiger partial charge >= 0.3 is 6.18 Å². The maximum atomic E-state index is 14.9. The summed E-state index contributed by atoms with van der Waals surface area (Å²) in [6.45, 7) is 1.80. The number of carbonyl (C=O) groups is 2. The number of aromatic nitrogens is 4. The minimum Gasteiger partial charge on any atom is -0.369 e. The number of aryl methyl sites for hydroxylation is 2. The Labute approximate surface area is 208 Å². The molecule has 12 heteroatoms. The van der Waals surface area contributed by atoms with E-state index in [0.29, 0.717) is 5.56 Å². The average Bonchev–Trinajstić information content (AvgIpc) is 3.25. The largest absolute Gasteiger partial charge is 0.417 e. The predicted octanol–water partition coefficient (Wildman–Crippen LogP) is 4.29. The Morgan fingerprint density at radius 3 is 2.46 bits per heavy atom. The molecule has 0 atom stereocenters. The first-order valence-electron chi connectivity index (χ1n) is 10.9. The molecule has 0 aliphatic carbocycles. The first kappa shape index (κ1) is 25.5. The molecule has 0 spiro atoms. The molecule has 190 valence electrons. The highest BCUT2D eigenvalue weighted by Gasteiger charge is 2.36. The van der Waals surface area contributed by atoms with Crippen LogP contribution in [0.3, 0.4) is 0 Å². The van der Waals surface area contributed by atoms with Gasteiger partial charge in [0.05, 0.1) is 40.8 Å². The van der Waals surface area contributed by atoms with Crippen molar-refractivity contribution in [3.63, 3.8) is 0 Å². The third-order valence-electron chi connectivity index (χ3n) is 5.47. The van der Waals surface area contributed by atoms with Crippen LogP contribution in [0, 0.1) is 12.7 Å². The number of amides is 2. The lowest BCUT2D eigenvalue weighted by molar-refractivity contribution is -0.137. The van der Waals surface area contributed by atoms with Gasteiger partial charge in [0, 0.05) is 24.4 Å². The molecule has 2 heterocycles. The van der Waals surface area contributed by atoms with Gasteiger partial charge in [0.25, 0.3) is 5.91 Å². The Bertz CT molecular complexity index is 1510. The van der Waals surface area contributed by atoms with Gasteiger partial charge in [-0.25, -0.2) is 14.4 Å². The van der Waals surface area contributed by atoms with E-state index in [1.807, 2.05) is 0 Å². The molecule has 0 saturated carbocycles. The minimum atomic E-state index is -4.88. The zero-order chi connectivity index (χ0) is 26.9. The van der Waals surface area contributed by atoms with Gasteiger partial charge < -0.3 is 11.1 Å². The minimum absolute atomic E-state index is 0.0613. The van der Waals surface area contributed by atoms with Crippen molar-refractivity contribution < 1.29 is 27.2 Å². The lowest BCUT2D eigenvalue weighted by Crippen LogP contribution is -2.19. The average molecular weight is 512 g/mol. The summed E-state index contributed by atoms with van der Waals surface area (Å²) in [7, 11) is 1.52. The van der Waals surface area contributed by atoms with E-state index in [1.165, 1.54) is 30.2 Å². The summed E-state index contributed by atoms with van der Waals surface area (Å²) in [5, 5.41) is 6.46. The first-order chi connectivity index (χ1) is 17.4. The van der Waals surface area contributed by atoms with Crippen LogP contribution in [-0.4, -0.2) is 31.6 Å². The molecule has 0 bridgehead atoms. The Balaban J connectivity index is 1.79. The van der Waals surface area contributed by atoms with Crippen molar-refractivity contribution in [3.8, 4) is 22.5 Å². The molecule has 3 N–H and O–H groups in total. The van der Waals surface area contributed by atoms with Gasteiger partial charge in [-0.05, 0) is 30.7 Å². The van der Waals surface area contributed by atoms with Crippen molar-refractivity contribution in [1.82, 2.24) is 19.7 Å². The quantitative estimate of drug-likeness (QED) is 0.374. The number of primary amides is 1. The molecule has 0 aliphatic heterocycles. The zero-order valence-electron chi connectivity index (χ0n) is 19.6. The highest BCUT2D eigenvalue weighted by Crippen LogP contribution is 2.38. The Morgan fingerprint density at radius 1 is 1.11 bits per heavy atom. The van der Waals surface area contributed by atoms with Crippen LogP contribution in [0.2, 0.25) is 0 Å². The zero-order valence-corrected chi connectivity index (χ0v) is 19.6. The highest BCUT2D eigenvalue weighted by molar-refractivity contribution is 6.07. The fourth-order valence-electron chi connectivity index (χ4n) is 3.74. The summed E-state index contributed by atoms with van der Waals surface area (Å²) in [6.07, 6.45) is -2.48. The molecule has 0 unspecified atom stereocenters. The number of anilines is 1. The summed E-state index contributed by atoms with van der Waals surface area (Å²) >= 11 is 0. The van der Waals surface area contributed by atoms with Gasteiger partial charge in [-0.15, -0.1) is 0 Å². The molecule has 0 fully saturated rings. The first-order valence-corrected chi connectivity index (χ1v) is 10.9. The van der Waals surface area contributed by atoms with Crippen molar-refractivity contribution in [2.45, 2.75) is 19.5 Å². The van der Waals surface area contributed by atoms with Gasteiger partial charge in [0.2, 0.25) is 5.91 Å². The molecule has 0 aliphatic rings. The lowest BCUT2D eigenvalue weighted by atomic mass is 9.99. The van der Waals surface area contributed by atoms with Gasteiger partial charge in [-0.1, -0.05) is 24.3 Å². The molecular formula is C25H20F4N6O2. The molecule has 4 aromatic rings. The van der Waals surface area contributed by atoms with Gasteiger partial charge in [-0.2, -0.15) is 18.3 Å². The van der Waals surface area contributed by atoms with Crippen LogP contribution in [0.1, 0.15) is 27.3 Å². The van der Waals surface area contributed by atoms with Crippen molar-refractivity contribution in [2.75, 3.05) is 5.32 Å². The van der Waals surface area contributed by atoms with Gasteiger partial charge in [0.15, 0.2) is 0 Å². The number of halogens is 4. The summed E-state index contributed by atoms with van der Waals surface area (Å²) in [5.74, 6) is -2.96. The smallest absolute Gasteiger partial charge is 0.369 e. The second-order valence-electron chi connectivity index (χ2n) is 8.21. The van der Waals surface area contributed by atoms with E-state index in [2.05, 4.69) is 20.4 Å². The molecule has 0 saturated heterocycles. The van der Waals surface area contributed by atoms with Crippen molar-refractivity contribution in [3.05, 3.63) is 83.2 Å².